The summed E-state index contributed by atoms with van der Waals surface area (Å²) in [6, 6.07) is 0.432. The number of aromatic nitrogens is 2. The summed E-state index contributed by atoms with van der Waals surface area (Å²) >= 11 is 6.00. The van der Waals surface area contributed by atoms with Crippen molar-refractivity contribution in [3.8, 4) is 0 Å². The van der Waals surface area contributed by atoms with Crippen molar-refractivity contribution in [1.29, 1.82) is 0 Å². The number of nitrogen functional groups attached to an aromatic ring is 1. The molecule has 1 fully saturated rings. The largest absolute Gasteiger partial charge is 0.368 e. The molecule has 0 bridgehead atoms. The van der Waals surface area contributed by atoms with Crippen LogP contribution >= 0.6 is 11.6 Å². The Labute approximate surface area is 101 Å². The van der Waals surface area contributed by atoms with Crippen molar-refractivity contribution in [2.45, 2.75) is 39.2 Å². The van der Waals surface area contributed by atoms with E-state index in [1.807, 2.05) is 0 Å². The van der Waals surface area contributed by atoms with Gasteiger partial charge in [-0.1, -0.05) is 25.4 Å². The lowest BCUT2D eigenvalue weighted by molar-refractivity contribution is 0.378. The highest BCUT2D eigenvalue weighted by Crippen LogP contribution is 2.38. The maximum Gasteiger partial charge on any atom is 0.222 e. The molecule has 1 aromatic rings. The predicted octanol–water partition coefficient (Wildman–Crippen LogP) is 2.70. The van der Waals surface area contributed by atoms with Crippen LogP contribution in [0.1, 0.15) is 33.1 Å². The van der Waals surface area contributed by atoms with Gasteiger partial charge in [0.1, 0.15) is 5.02 Å². The Morgan fingerprint density at radius 1 is 1.56 bits per heavy atom. The normalized spacial score (nSPS) is 23.3. The molecule has 0 spiro atoms. The quantitative estimate of drug-likeness (QED) is 0.834. The number of nitrogens with two attached hydrogens (primary N) is 1. The maximum atomic E-state index is 6.00. The molecular formula is C11H17ClN4. The number of nitrogens with zero attached hydrogens (tertiary/aromatic N) is 2. The van der Waals surface area contributed by atoms with E-state index in [4.69, 9.17) is 17.3 Å². The molecule has 3 N–H and O–H groups in total. The van der Waals surface area contributed by atoms with Crippen LogP contribution in [-0.2, 0) is 0 Å². The van der Waals surface area contributed by atoms with Gasteiger partial charge in [0.15, 0.2) is 5.82 Å². The molecule has 1 aliphatic rings. The monoisotopic (exact) mass is 240 g/mol. The molecule has 1 aliphatic carbocycles. The Morgan fingerprint density at radius 2 is 2.31 bits per heavy atom. The minimum Gasteiger partial charge on any atom is -0.368 e. The zero-order valence-corrected chi connectivity index (χ0v) is 10.4. The third-order valence-electron chi connectivity index (χ3n) is 3.07. The zero-order valence-electron chi connectivity index (χ0n) is 9.63. The third-order valence-corrected chi connectivity index (χ3v) is 3.35. The van der Waals surface area contributed by atoms with Gasteiger partial charge in [-0.3, -0.25) is 0 Å². The Morgan fingerprint density at radius 3 is 2.94 bits per heavy atom. The van der Waals surface area contributed by atoms with Gasteiger partial charge in [0.25, 0.3) is 0 Å². The average molecular weight is 241 g/mol. The van der Waals surface area contributed by atoms with Gasteiger partial charge in [-0.2, -0.15) is 4.98 Å². The van der Waals surface area contributed by atoms with Gasteiger partial charge in [-0.15, -0.1) is 0 Å². The first-order chi connectivity index (χ1) is 7.46. The molecule has 1 saturated carbocycles. The van der Waals surface area contributed by atoms with Gasteiger partial charge in [0, 0.05) is 6.04 Å². The molecule has 16 heavy (non-hydrogen) atoms. The molecule has 88 valence electrons. The Bertz CT molecular complexity index is 392. The van der Waals surface area contributed by atoms with Crippen molar-refractivity contribution in [2.75, 3.05) is 11.1 Å². The highest BCUT2D eigenvalue weighted by atomic mass is 35.5. The fraction of sp³-hybridized carbons (Fsp3) is 0.636. The molecular weight excluding hydrogens is 224 g/mol. The lowest BCUT2D eigenvalue weighted by Gasteiger charge is -2.18. The molecule has 0 aliphatic heterocycles. The van der Waals surface area contributed by atoms with Crippen LogP contribution in [0.2, 0.25) is 5.02 Å². The van der Waals surface area contributed by atoms with Crippen LogP contribution in [-0.4, -0.2) is 16.0 Å². The van der Waals surface area contributed by atoms with E-state index in [2.05, 4.69) is 29.1 Å². The van der Waals surface area contributed by atoms with Gasteiger partial charge >= 0.3 is 0 Å². The highest BCUT2D eigenvalue weighted by molar-refractivity contribution is 6.32. The van der Waals surface area contributed by atoms with Crippen LogP contribution in [0, 0.1) is 5.41 Å². The van der Waals surface area contributed by atoms with Crippen molar-refractivity contribution in [1.82, 2.24) is 9.97 Å². The lowest BCUT2D eigenvalue weighted by atomic mass is 9.92. The van der Waals surface area contributed by atoms with E-state index in [1.54, 1.807) is 0 Å². The zero-order chi connectivity index (χ0) is 11.8. The van der Waals surface area contributed by atoms with Crippen LogP contribution in [0.15, 0.2) is 6.20 Å². The molecule has 0 amide bonds. The summed E-state index contributed by atoms with van der Waals surface area (Å²) in [6.45, 7) is 4.56. The van der Waals surface area contributed by atoms with Crippen LogP contribution in [0.25, 0.3) is 0 Å². The number of rotatable bonds is 2. The Balaban J connectivity index is 2.07. The summed E-state index contributed by atoms with van der Waals surface area (Å²) in [6.07, 6.45) is 5.04. The predicted molar refractivity (Wildman–Crippen MR) is 66.5 cm³/mol. The van der Waals surface area contributed by atoms with E-state index in [9.17, 15) is 0 Å². The molecule has 1 heterocycles. The number of nitrogens with one attached hydrogen (secondary N) is 1. The van der Waals surface area contributed by atoms with Crippen LogP contribution in [0.4, 0.5) is 11.8 Å². The molecule has 5 heteroatoms. The Hall–Kier alpha value is -1.03. The van der Waals surface area contributed by atoms with E-state index < -0.39 is 0 Å². The van der Waals surface area contributed by atoms with Crippen LogP contribution < -0.4 is 11.1 Å². The first-order valence-electron chi connectivity index (χ1n) is 5.51. The van der Waals surface area contributed by atoms with Crippen molar-refractivity contribution < 1.29 is 0 Å². The van der Waals surface area contributed by atoms with Crippen molar-refractivity contribution in [2.24, 2.45) is 5.41 Å². The Kier molecular flexibility index (Phi) is 2.93. The lowest BCUT2D eigenvalue weighted by Crippen LogP contribution is -2.19. The summed E-state index contributed by atoms with van der Waals surface area (Å²) in [7, 11) is 0. The van der Waals surface area contributed by atoms with Gasteiger partial charge in [-0.25, -0.2) is 4.98 Å². The minimum atomic E-state index is 0.254. The van der Waals surface area contributed by atoms with Crippen LogP contribution in [0.5, 0.6) is 0 Å². The van der Waals surface area contributed by atoms with Crippen molar-refractivity contribution in [3.63, 3.8) is 0 Å². The van der Waals surface area contributed by atoms with Crippen molar-refractivity contribution >= 4 is 23.4 Å². The number of halogens is 1. The maximum absolute atomic E-state index is 6.00. The summed E-state index contributed by atoms with van der Waals surface area (Å²) < 4.78 is 0. The van der Waals surface area contributed by atoms with Crippen molar-refractivity contribution in [3.05, 3.63) is 11.2 Å². The van der Waals surface area contributed by atoms with E-state index in [-0.39, 0.29) is 5.95 Å². The fourth-order valence-corrected chi connectivity index (χ4v) is 2.38. The van der Waals surface area contributed by atoms with Gasteiger partial charge < -0.3 is 11.1 Å². The number of hydrogen-bond acceptors (Lipinski definition) is 4. The number of hydrogen-bond donors (Lipinski definition) is 2. The first kappa shape index (κ1) is 11.5. The minimum absolute atomic E-state index is 0.254. The van der Waals surface area contributed by atoms with Gasteiger partial charge in [0.2, 0.25) is 5.95 Å². The fourth-order valence-electron chi connectivity index (χ4n) is 2.23. The summed E-state index contributed by atoms with van der Waals surface area (Å²) in [4.78, 5) is 7.94. The summed E-state index contributed by atoms with van der Waals surface area (Å²) in [5.74, 6) is 0.904. The number of anilines is 2. The SMILES string of the molecule is CC1(C)CCC(Nc2nc(N)ncc2Cl)C1. The van der Waals surface area contributed by atoms with Crippen LogP contribution in [0.3, 0.4) is 0 Å². The molecule has 1 aromatic heterocycles. The topological polar surface area (TPSA) is 63.8 Å². The molecule has 1 unspecified atom stereocenters. The van der Waals surface area contributed by atoms with E-state index in [0.717, 1.165) is 12.8 Å². The highest BCUT2D eigenvalue weighted by Gasteiger charge is 2.31. The smallest absolute Gasteiger partial charge is 0.222 e. The second-order valence-electron chi connectivity index (χ2n) is 5.17. The van der Waals surface area contributed by atoms with E-state index >= 15 is 0 Å². The molecule has 4 nitrogen and oxygen atoms in total. The summed E-state index contributed by atoms with van der Waals surface area (Å²) in [5, 5.41) is 3.87. The standard InChI is InChI=1S/C11H17ClN4/c1-11(2)4-3-7(5-11)15-9-8(12)6-14-10(13)16-9/h6-7H,3-5H2,1-2H3,(H3,13,14,15,16). The third kappa shape index (κ3) is 2.55. The molecule has 2 rings (SSSR count). The van der Waals surface area contributed by atoms with E-state index in [1.165, 1.54) is 12.6 Å². The first-order valence-corrected chi connectivity index (χ1v) is 5.89. The summed E-state index contributed by atoms with van der Waals surface area (Å²) in [5.41, 5.74) is 5.94. The molecule has 1 atom stereocenters. The van der Waals surface area contributed by atoms with Gasteiger partial charge in [0.05, 0.1) is 6.20 Å². The molecule has 0 aromatic carbocycles. The second kappa shape index (κ2) is 4.09. The molecule has 0 radical (unpaired) electrons. The van der Waals surface area contributed by atoms with E-state index in [0.29, 0.717) is 22.3 Å². The average Bonchev–Trinajstić information content (AvgIpc) is 2.52. The van der Waals surface area contributed by atoms with Gasteiger partial charge in [-0.05, 0) is 24.7 Å². The molecule has 0 saturated heterocycles. The second-order valence-corrected chi connectivity index (χ2v) is 5.58.